The molecule has 1 rings (SSSR count). The molecule has 1 atom stereocenters. The molecule has 1 aliphatic carbocycles. The SMILES string of the molecule is CCCCCCCCC(NC1CCCCC1)C(OC)(OC)OC. The standard InChI is InChI=1S/C19H39NO3/c1-5-6-7-8-9-13-16-18(19(21-2,22-3)23-4)20-17-14-11-10-12-15-17/h17-18,20H,5-16H2,1-4H3. The van der Waals surface area contributed by atoms with E-state index in [1.165, 1.54) is 70.6 Å². The molecule has 0 amide bonds. The van der Waals surface area contributed by atoms with Crippen LogP contribution in [-0.2, 0) is 14.2 Å². The van der Waals surface area contributed by atoms with Crippen LogP contribution in [0.4, 0.5) is 0 Å². The van der Waals surface area contributed by atoms with E-state index in [1.807, 2.05) is 0 Å². The molecule has 0 aliphatic heterocycles. The summed E-state index contributed by atoms with van der Waals surface area (Å²) in [4.78, 5) is 0. The van der Waals surface area contributed by atoms with Gasteiger partial charge in [-0.2, -0.15) is 0 Å². The lowest BCUT2D eigenvalue weighted by Gasteiger charge is -2.39. The summed E-state index contributed by atoms with van der Waals surface area (Å²) in [6, 6.07) is 0.644. The van der Waals surface area contributed by atoms with E-state index in [-0.39, 0.29) is 6.04 Å². The minimum atomic E-state index is -0.971. The average molecular weight is 330 g/mol. The highest BCUT2D eigenvalue weighted by Gasteiger charge is 2.40. The number of unbranched alkanes of at least 4 members (excludes halogenated alkanes) is 5. The average Bonchev–Trinajstić information content (AvgIpc) is 2.60. The molecule has 0 aromatic heterocycles. The van der Waals surface area contributed by atoms with Crippen molar-refractivity contribution in [1.82, 2.24) is 5.32 Å². The van der Waals surface area contributed by atoms with Gasteiger partial charge in [-0.1, -0.05) is 64.7 Å². The summed E-state index contributed by atoms with van der Waals surface area (Å²) in [6.07, 6.45) is 15.3. The fourth-order valence-electron chi connectivity index (χ4n) is 3.72. The van der Waals surface area contributed by atoms with Crippen molar-refractivity contribution in [2.75, 3.05) is 21.3 Å². The molecule has 0 aromatic carbocycles. The maximum Gasteiger partial charge on any atom is 0.298 e. The number of hydrogen-bond donors (Lipinski definition) is 1. The largest absolute Gasteiger partial charge is 0.330 e. The van der Waals surface area contributed by atoms with E-state index in [0.717, 1.165) is 6.42 Å². The quantitative estimate of drug-likeness (QED) is 0.395. The molecule has 1 fully saturated rings. The Labute approximate surface area is 143 Å². The van der Waals surface area contributed by atoms with Crippen LogP contribution < -0.4 is 5.32 Å². The Morgan fingerprint density at radius 3 is 2.00 bits per heavy atom. The van der Waals surface area contributed by atoms with Crippen molar-refractivity contribution in [1.29, 1.82) is 0 Å². The van der Waals surface area contributed by atoms with E-state index in [2.05, 4.69) is 12.2 Å². The van der Waals surface area contributed by atoms with E-state index >= 15 is 0 Å². The van der Waals surface area contributed by atoms with Crippen molar-refractivity contribution in [2.45, 2.75) is 102 Å². The van der Waals surface area contributed by atoms with Gasteiger partial charge in [-0.15, -0.1) is 0 Å². The first-order valence-corrected chi connectivity index (χ1v) is 9.63. The van der Waals surface area contributed by atoms with Crippen molar-refractivity contribution in [3.8, 4) is 0 Å². The summed E-state index contributed by atoms with van der Waals surface area (Å²) >= 11 is 0. The Balaban J connectivity index is 2.52. The third-order valence-electron chi connectivity index (χ3n) is 5.17. The molecule has 138 valence electrons. The molecule has 0 radical (unpaired) electrons. The van der Waals surface area contributed by atoms with Gasteiger partial charge >= 0.3 is 0 Å². The summed E-state index contributed by atoms with van der Waals surface area (Å²) in [6.45, 7) is 2.26. The molecule has 0 bridgehead atoms. The molecular weight excluding hydrogens is 290 g/mol. The summed E-state index contributed by atoms with van der Waals surface area (Å²) < 4.78 is 16.9. The molecular formula is C19H39NO3. The van der Waals surface area contributed by atoms with Gasteiger partial charge in [-0.25, -0.2) is 0 Å². The molecule has 0 spiro atoms. The minimum Gasteiger partial charge on any atom is -0.330 e. The van der Waals surface area contributed by atoms with Crippen LogP contribution in [0.15, 0.2) is 0 Å². The molecule has 1 N–H and O–H groups in total. The fourth-order valence-corrected chi connectivity index (χ4v) is 3.72. The van der Waals surface area contributed by atoms with Gasteiger partial charge in [0.2, 0.25) is 0 Å². The Morgan fingerprint density at radius 1 is 0.870 bits per heavy atom. The van der Waals surface area contributed by atoms with Crippen molar-refractivity contribution in [3.63, 3.8) is 0 Å². The van der Waals surface area contributed by atoms with Gasteiger partial charge in [-0.3, -0.25) is 0 Å². The second-order valence-corrected chi connectivity index (χ2v) is 6.83. The molecule has 0 aromatic rings. The molecule has 1 aliphatic rings. The number of rotatable bonds is 13. The highest BCUT2D eigenvalue weighted by atomic mass is 16.9. The van der Waals surface area contributed by atoms with Crippen LogP contribution in [0.5, 0.6) is 0 Å². The summed E-state index contributed by atoms with van der Waals surface area (Å²) in [7, 11) is 5.01. The van der Waals surface area contributed by atoms with Crippen LogP contribution >= 0.6 is 0 Å². The lowest BCUT2D eigenvalue weighted by atomic mass is 9.93. The smallest absolute Gasteiger partial charge is 0.298 e. The van der Waals surface area contributed by atoms with Crippen molar-refractivity contribution >= 4 is 0 Å². The van der Waals surface area contributed by atoms with Gasteiger partial charge in [0.25, 0.3) is 5.97 Å². The van der Waals surface area contributed by atoms with E-state index in [9.17, 15) is 0 Å². The Morgan fingerprint density at radius 2 is 1.43 bits per heavy atom. The zero-order chi connectivity index (χ0) is 17.0. The van der Waals surface area contributed by atoms with Crippen molar-refractivity contribution in [2.24, 2.45) is 0 Å². The topological polar surface area (TPSA) is 39.7 Å². The third-order valence-corrected chi connectivity index (χ3v) is 5.17. The monoisotopic (exact) mass is 329 g/mol. The second-order valence-electron chi connectivity index (χ2n) is 6.83. The van der Waals surface area contributed by atoms with Crippen LogP contribution in [0, 0.1) is 0 Å². The zero-order valence-corrected chi connectivity index (χ0v) is 15.9. The predicted molar refractivity (Wildman–Crippen MR) is 95.5 cm³/mol. The maximum atomic E-state index is 5.63. The normalized spacial score (nSPS) is 18.3. The van der Waals surface area contributed by atoms with Gasteiger partial charge in [0.1, 0.15) is 0 Å². The molecule has 1 unspecified atom stereocenters. The highest BCUT2D eigenvalue weighted by molar-refractivity contribution is 4.83. The van der Waals surface area contributed by atoms with Gasteiger partial charge in [0, 0.05) is 27.4 Å². The number of nitrogens with one attached hydrogen (secondary N) is 1. The lowest BCUT2D eigenvalue weighted by Crippen LogP contribution is -2.57. The van der Waals surface area contributed by atoms with Gasteiger partial charge < -0.3 is 19.5 Å². The summed E-state index contributed by atoms with van der Waals surface area (Å²) in [5.74, 6) is -0.971. The predicted octanol–water partition coefficient (Wildman–Crippen LogP) is 4.62. The van der Waals surface area contributed by atoms with Gasteiger partial charge in [-0.05, 0) is 19.3 Å². The Bertz CT molecular complexity index is 268. The second kappa shape index (κ2) is 12.2. The highest BCUT2D eigenvalue weighted by Crippen LogP contribution is 2.26. The summed E-state index contributed by atoms with van der Waals surface area (Å²) in [5, 5.41) is 3.78. The first-order chi connectivity index (χ1) is 11.2. The van der Waals surface area contributed by atoms with Crippen LogP contribution in [0.2, 0.25) is 0 Å². The number of methoxy groups -OCH3 is 3. The van der Waals surface area contributed by atoms with Crippen LogP contribution in [0.1, 0.15) is 84.0 Å². The fraction of sp³-hybridized carbons (Fsp3) is 1.00. The van der Waals surface area contributed by atoms with E-state index < -0.39 is 5.97 Å². The van der Waals surface area contributed by atoms with Gasteiger partial charge in [0.15, 0.2) is 0 Å². The molecule has 0 saturated heterocycles. The lowest BCUT2D eigenvalue weighted by molar-refractivity contribution is -0.367. The van der Waals surface area contributed by atoms with Crippen LogP contribution in [0.25, 0.3) is 0 Å². The van der Waals surface area contributed by atoms with Crippen molar-refractivity contribution in [3.05, 3.63) is 0 Å². The van der Waals surface area contributed by atoms with Crippen LogP contribution in [-0.4, -0.2) is 39.4 Å². The minimum absolute atomic E-state index is 0.0803. The van der Waals surface area contributed by atoms with E-state index in [4.69, 9.17) is 14.2 Å². The molecule has 23 heavy (non-hydrogen) atoms. The molecule has 4 nitrogen and oxygen atoms in total. The molecule has 4 heteroatoms. The summed E-state index contributed by atoms with van der Waals surface area (Å²) in [5.41, 5.74) is 0. The molecule has 0 heterocycles. The van der Waals surface area contributed by atoms with E-state index in [0.29, 0.717) is 6.04 Å². The Kier molecular flexibility index (Phi) is 11.1. The zero-order valence-electron chi connectivity index (χ0n) is 15.9. The number of ether oxygens (including phenoxy) is 3. The Hall–Kier alpha value is -0.160. The third kappa shape index (κ3) is 7.08. The number of hydrogen-bond acceptors (Lipinski definition) is 4. The first kappa shape index (κ1) is 20.9. The van der Waals surface area contributed by atoms with E-state index in [1.54, 1.807) is 21.3 Å². The van der Waals surface area contributed by atoms with Crippen LogP contribution in [0.3, 0.4) is 0 Å². The first-order valence-electron chi connectivity index (χ1n) is 9.63. The maximum absolute atomic E-state index is 5.63. The van der Waals surface area contributed by atoms with Gasteiger partial charge in [0.05, 0.1) is 6.04 Å². The van der Waals surface area contributed by atoms with Crippen molar-refractivity contribution < 1.29 is 14.2 Å². The molecule has 1 saturated carbocycles.